The number of ether oxygens (including phenoxy) is 5. The summed E-state index contributed by atoms with van der Waals surface area (Å²) in [7, 11) is 3.14. The second-order valence-corrected chi connectivity index (χ2v) is 20.2. The molecule has 0 aliphatic carbocycles. The summed E-state index contributed by atoms with van der Waals surface area (Å²) in [6.45, 7) is 5.71. The van der Waals surface area contributed by atoms with Gasteiger partial charge in [-0.25, -0.2) is 13.6 Å². The van der Waals surface area contributed by atoms with Crippen LogP contribution in [-0.4, -0.2) is 130 Å². The highest BCUT2D eigenvalue weighted by Gasteiger charge is 2.52. The number of anilines is 2. The lowest BCUT2D eigenvalue weighted by Gasteiger charge is -2.40. The van der Waals surface area contributed by atoms with Crippen LogP contribution in [0.4, 0.5) is 25.0 Å². The van der Waals surface area contributed by atoms with E-state index in [1.165, 1.54) is 16.0 Å². The molecule has 18 nitrogen and oxygen atoms in total. The molecule has 0 bridgehead atoms. The van der Waals surface area contributed by atoms with Gasteiger partial charge in [0.15, 0.2) is 11.2 Å². The van der Waals surface area contributed by atoms with E-state index >= 15 is 0 Å². The molecule has 0 saturated carbocycles. The number of likely N-dealkylation sites (tertiary alicyclic amines) is 2. The monoisotopic (exact) mass is 1030 g/mol. The number of rotatable bonds is 10. The van der Waals surface area contributed by atoms with Gasteiger partial charge in [-0.3, -0.25) is 24.3 Å². The van der Waals surface area contributed by atoms with Crippen LogP contribution in [0.5, 0.6) is 11.5 Å². The smallest absolute Gasteiger partial charge is 0.435 e. The van der Waals surface area contributed by atoms with E-state index in [0.29, 0.717) is 71.0 Å². The van der Waals surface area contributed by atoms with E-state index in [-0.39, 0.29) is 31.8 Å². The molecule has 6 heterocycles. The van der Waals surface area contributed by atoms with Gasteiger partial charge in [0.05, 0.1) is 62.1 Å². The van der Waals surface area contributed by atoms with Gasteiger partial charge in [0.2, 0.25) is 11.8 Å². The Morgan fingerprint density at radius 2 is 1.16 bits per heavy atom. The highest BCUT2D eigenvalue weighted by atomic mass is 19.1. The fourth-order valence-corrected chi connectivity index (χ4v) is 10.4. The first kappa shape index (κ1) is 52.4. The number of alkyl halides is 2. The molecular weight excluding hydrogens is 971 g/mol. The maximum absolute atomic E-state index is 14.9. The minimum Gasteiger partial charge on any atom is -0.497 e. The average Bonchev–Trinajstić information content (AvgIpc) is 4.26. The molecule has 4 aromatic carbocycles. The van der Waals surface area contributed by atoms with Gasteiger partial charge >= 0.3 is 6.09 Å². The van der Waals surface area contributed by atoms with Gasteiger partial charge in [0.1, 0.15) is 41.5 Å². The van der Waals surface area contributed by atoms with Gasteiger partial charge in [-0.15, -0.1) is 0 Å². The predicted molar refractivity (Wildman–Crippen MR) is 274 cm³/mol. The van der Waals surface area contributed by atoms with Gasteiger partial charge in [-0.1, -0.05) is 36.4 Å². The maximum Gasteiger partial charge on any atom is 0.435 e. The molecule has 4 aliphatic heterocycles. The Kier molecular flexibility index (Phi) is 15.2. The van der Waals surface area contributed by atoms with Crippen molar-refractivity contribution in [2.24, 2.45) is 0 Å². The third kappa shape index (κ3) is 10.8. The van der Waals surface area contributed by atoms with E-state index in [0.717, 1.165) is 41.3 Å². The number of nitrogens with one attached hydrogen (secondary N) is 3. The van der Waals surface area contributed by atoms with Crippen LogP contribution in [0.15, 0.2) is 97.3 Å². The number of carbonyl (C=O) groups is 5. The zero-order valence-electron chi connectivity index (χ0n) is 42.6. The molecule has 0 radical (unpaired) electrons. The third-order valence-corrected chi connectivity index (χ3v) is 14.2. The fourth-order valence-electron chi connectivity index (χ4n) is 10.4. The lowest BCUT2D eigenvalue weighted by Crippen LogP contribution is -2.54. The molecule has 0 spiro atoms. The first-order chi connectivity index (χ1) is 36.0. The Morgan fingerprint density at radius 3 is 1.63 bits per heavy atom. The topological polar surface area (TPSA) is 209 Å². The lowest BCUT2D eigenvalue weighted by atomic mass is 9.84. The molecule has 2 unspecified atom stereocenters. The molecule has 3 N–H and O–H groups in total. The van der Waals surface area contributed by atoms with Crippen molar-refractivity contribution in [1.29, 1.82) is 0 Å². The summed E-state index contributed by atoms with van der Waals surface area (Å²) in [5.41, 5.74) is 0.197. The molecule has 6 aromatic rings. The number of aromatic nitrogens is 4. The number of carbonyl (C=O) groups excluding carboxylic acids is 5. The number of fused-ring (bicyclic) bond motifs is 2. The van der Waals surface area contributed by atoms with Crippen molar-refractivity contribution in [2.75, 3.05) is 51.2 Å². The van der Waals surface area contributed by atoms with Crippen LogP contribution in [0.3, 0.4) is 0 Å². The number of nitrogens with zero attached hydrogens (tertiary/aromatic N) is 5. The number of hydrogen-bond acceptors (Lipinski definition) is 12. The van der Waals surface area contributed by atoms with Gasteiger partial charge in [0.25, 0.3) is 11.8 Å². The van der Waals surface area contributed by atoms with Crippen LogP contribution in [-0.2, 0) is 44.6 Å². The summed E-state index contributed by atoms with van der Waals surface area (Å²) in [6, 6.07) is 22.7. The summed E-state index contributed by atoms with van der Waals surface area (Å²) in [6.07, 6.45) is 3.66. The molecule has 4 saturated heterocycles. The quantitative estimate of drug-likeness (QED) is 0.118. The minimum absolute atomic E-state index is 0.0579. The largest absolute Gasteiger partial charge is 0.497 e. The number of amides is 4. The SMILES string of the molecule is COc1ccc(C2(C(=O)N3C[C@H](F)C[C@@H]3C(=O)Nc3cccc4[nH]ncc34)CCCCO2)cc1.COc1ccc(C2(C(=O)N3C[C@H](F)C[C@@H]3C(=O)Nc3cccc4c3cnn4C(=O)OC(C)(C)C)CCCCO2)cc1. The summed E-state index contributed by atoms with van der Waals surface area (Å²) < 4.78 is 58.8. The Morgan fingerprint density at radius 1 is 0.667 bits per heavy atom. The predicted octanol–water partition coefficient (Wildman–Crippen LogP) is 8.35. The summed E-state index contributed by atoms with van der Waals surface area (Å²) in [4.78, 5) is 70.3. The zero-order chi connectivity index (χ0) is 53.1. The lowest BCUT2D eigenvalue weighted by molar-refractivity contribution is -0.169. The van der Waals surface area contributed by atoms with Crippen molar-refractivity contribution in [3.8, 4) is 11.5 Å². The van der Waals surface area contributed by atoms with E-state index < -0.39 is 65.0 Å². The number of H-pyrrole nitrogens is 1. The average molecular weight is 1030 g/mol. The third-order valence-electron chi connectivity index (χ3n) is 14.2. The molecule has 75 heavy (non-hydrogen) atoms. The molecule has 20 heteroatoms. The van der Waals surface area contributed by atoms with E-state index in [2.05, 4.69) is 25.9 Å². The van der Waals surface area contributed by atoms with Crippen LogP contribution in [0.2, 0.25) is 0 Å². The van der Waals surface area contributed by atoms with E-state index in [1.807, 2.05) is 6.07 Å². The maximum atomic E-state index is 14.9. The van der Waals surface area contributed by atoms with Crippen molar-refractivity contribution in [2.45, 2.75) is 113 Å². The Hall–Kier alpha value is -7.45. The fraction of sp³-hybridized carbons (Fsp3) is 0.436. The van der Waals surface area contributed by atoms with E-state index in [4.69, 9.17) is 23.7 Å². The molecule has 2 aromatic heterocycles. The molecule has 4 fully saturated rings. The van der Waals surface area contributed by atoms with E-state index in [1.54, 1.807) is 120 Å². The van der Waals surface area contributed by atoms with Crippen molar-refractivity contribution in [3.63, 3.8) is 0 Å². The van der Waals surface area contributed by atoms with Crippen molar-refractivity contribution >= 4 is 62.9 Å². The van der Waals surface area contributed by atoms with Gasteiger partial charge in [-0.2, -0.15) is 14.9 Å². The second kappa shape index (κ2) is 21.8. The standard InChI is InChI=1S/C30H35FN4O6.C25H27FN4O4/c1-29(2,3)41-28(38)35-24-9-7-8-23(22(24)17-32-35)33-26(36)25-16-20(31)18-34(25)27(37)30(14-5-6-15-40-30)19-10-12-21(39-4)13-11-19;1-33-18-9-7-16(8-10-18)25(11-2-3-12-34-25)24(32)30-15-17(26)13-22(30)23(31)28-20-5-4-6-21-19(20)14-27-29-21/h7-13,17,20,25H,5-6,14-16,18H2,1-4H3,(H,33,36);4-10,14,17,22H,2-3,11-13,15H2,1H3,(H,27,29)(H,28,31)/t20-,25-,30?;17-,22-,25?/m11/s1. The molecule has 4 aliphatic rings. The Labute approximate surface area is 432 Å². The van der Waals surface area contributed by atoms with Gasteiger partial charge in [0, 0.05) is 36.8 Å². The van der Waals surface area contributed by atoms with Gasteiger partial charge < -0.3 is 44.1 Å². The van der Waals surface area contributed by atoms with Crippen LogP contribution in [0.1, 0.15) is 83.3 Å². The zero-order valence-corrected chi connectivity index (χ0v) is 42.6. The second-order valence-electron chi connectivity index (χ2n) is 20.2. The number of aromatic amines is 1. The van der Waals surface area contributed by atoms with Crippen LogP contribution >= 0.6 is 0 Å². The van der Waals surface area contributed by atoms with E-state index in [9.17, 15) is 32.8 Å². The molecule has 4 amide bonds. The molecule has 396 valence electrons. The first-order valence-electron chi connectivity index (χ1n) is 25.3. The molecule has 10 rings (SSSR count). The normalized spacial score (nSPS) is 23.8. The summed E-state index contributed by atoms with van der Waals surface area (Å²) in [5.74, 6) is -0.464. The molecule has 6 atom stereocenters. The highest BCUT2D eigenvalue weighted by molar-refractivity contribution is 6.06. The number of hydrogen-bond donors (Lipinski definition) is 3. The number of halogens is 2. The summed E-state index contributed by atoms with van der Waals surface area (Å²) >= 11 is 0. The minimum atomic E-state index is -1.36. The van der Waals surface area contributed by atoms with Crippen molar-refractivity contribution < 1.29 is 56.4 Å². The van der Waals surface area contributed by atoms with Gasteiger partial charge in [-0.05, 0) is 119 Å². The number of benzene rings is 4. The van der Waals surface area contributed by atoms with Crippen molar-refractivity contribution in [3.05, 3.63) is 108 Å². The Balaban J connectivity index is 0.000000187. The van der Waals surface area contributed by atoms with Crippen molar-refractivity contribution in [1.82, 2.24) is 29.8 Å². The summed E-state index contributed by atoms with van der Waals surface area (Å²) in [5, 5.41) is 18.0. The molecular formula is C55H62F2N8O10. The highest BCUT2D eigenvalue weighted by Crippen LogP contribution is 2.42. The van der Waals surface area contributed by atoms with Crippen LogP contribution < -0.4 is 20.1 Å². The first-order valence-corrected chi connectivity index (χ1v) is 25.3. The van der Waals surface area contributed by atoms with Crippen LogP contribution in [0.25, 0.3) is 21.8 Å². The Bertz CT molecular complexity index is 3040. The number of methoxy groups -OCH3 is 2. The van der Waals surface area contributed by atoms with Crippen LogP contribution in [0, 0.1) is 0 Å².